The van der Waals surface area contributed by atoms with Crippen molar-refractivity contribution in [2.45, 2.75) is 6.42 Å². The predicted octanol–water partition coefficient (Wildman–Crippen LogP) is 3.60. The van der Waals surface area contributed by atoms with Gasteiger partial charge in [0.1, 0.15) is 5.82 Å². The number of carbonyl (C=O) groups excluding carboxylic acids is 1. The summed E-state index contributed by atoms with van der Waals surface area (Å²) in [6.45, 7) is 0.385. The first-order valence-corrected chi connectivity index (χ1v) is 10.6. The SMILES string of the molecule is COc1cc(C(=O)NCCc2csc3nc(-c4cccc(F)c4)nn23)cc(OC)c1OC. The van der Waals surface area contributed by atoms with E-state index in [0.717, 1.165) is 5.69 Å². The van der Waals surface area contributed by atoms with Gasteiger partial charge < -0.3 is 19.5 Å². The number of hydrogen-bond acceptors (Lipinski definition) is 7. The molecule has 0 aliphatic heterocycles. The Kier molecular flexibility index (Phi) is 6.22. The summed E-state index contributed by atoms with van der Waals surface area (Å²) in [5.74, 6) is 1.09. The van der Waals surface area contributed by atoms with E-state index in [4.69, 9.17) is 14.2 Å². The zero-order valence-corrected chi connectivity index (χ0v) is 18.5. The first kappa shape index (κ1) is 21.6. The lowest BCUT2D eigenvalue weighted by molar-refractivity contribution is 0.0953. The van der Waals surface area contributed by atoms with E-state index in [0.29, 0.717) is 52.1 Å². The van der Waals surface area contributed by atoms with Crippen molar-refractivity contribution in [2.75, 3.05) is 27.9 Å². The summed E-state index contributed by atoms with van der Waals surface area (Å²) >= 11 is 1.44. The van der Waals surface area contributed by atoms with E-state index in [2.05, 4.69) is 15.4 Å². The van der Waals surface area contributed by atoms with Crippen molar-refractivity contribution in [3.8, 4) is 28.6 Å². The molecule has 10 heteroatoms. The van der Waals surface area contributed by atoms with Gasteiger partial charge in [-0.2, -0.15) is 4.98 Å². The van der Waals surface area contributed by atoms with Gasteiger partial charge in [0, 0.05) is 29.5 Å². The van der Waals surface area contributed by atoms with Gasteiger partial charge in [-0.05, 0) is 24.3 Å². The molecular weight excluding hydrogens is 435 g/mol. The number of aromatic nitrogens is 3. The van der Waals surface area contributed by atoms with Crippen molar-refractivity contribution in [2.24, 2.45) is 0 Å². The maximum absolute atomic E-state index is 13.5. The van der Waals surface area contributed by atoms with Gasteiger partial charge in [0.2, 0.25) is 10.7 Å². The lowest BCUT2D eigenvalue weighted by Gasteiger charge is -2.14. The number of nitrogens with one attached hydrogen (secondary N) is 1. The number of halogens is 1. The van der Waals surface area contributed by atoms with Gasteiger partial charge >= 0.3 is 0 Å². The van der Waals surface area contributed by atoms with Crippen LogP contribution in [-0.4, -0.2) is 48.4 Å². The Balaban J connectivity index is 1.46. The van der Waals surface area contributed by atoms with E-state index in [1.165, 1.54) is 44.8 Å². The summed E-state index contributed by atoms with van der Waals surface area (Å²) in [4.78, 5) is 17.8. The Bertz CT molecular complexity index is 1250. The summed E-state index contributed by atoms with van der Waals surface area (Å²) in [7, 11) is 4.50. The molecule has 0 radical (unpaired) electrons. The minimum Gasteiger partial charge on any atom is -0.493 e. The van der Waals surface area contributed by atoms with Crippen molar-refractivity contribution < 1.29 is 23.4 Å². The molecule has 2 aromatic carbocycles. The van der Waals surface area contributed by atoms with Crippen LogP contribution in [0.15, 0.2) is 41.8 Å². The fourth-order valence-corrected chi connectivity index (χ4v) is 4.12. The maximum atomic E-state index is 13.5. The molecule has 0 saturated heterocycles. The van der Waals surface area contributed by atoms with Crippen LogP contribution in [0.2, 0.25) is 0 Å². The third-order valence-corrected chi connectivity index (χ3v) is 5.69. The van der Waals surface area contributed by atoms with Crippen molar-refractivity contribution >= 4 is 22.2 Å². The van der Waals surface area contributed by atoms with Crippen LogP contribution >= 0.6 is 11.3 Å². The predicted molar refractivity (Wildman–Crippen MR) is 118 cm³/mol. The van der Waals surface area contributed by atoms with Crippen LogP contribution in [0.4, 0.5) is 4.39 Å². The summed E-state index contributed by atoms with van der Waals surface area (Å²) < 4.78 is 31.1. The van der Waals surface area contributed by atoms with Crippen LogP contribution in [-0.2, 0) is 6.42 Å². The second-order valence-electron chi connectivity index (χ2n) is 6.79. The third-order valence-electron chi connectivity index (χ3n) is 4.83. The Morgan fingerprint density at radius 1 is 1.12 bits per heavy atom. The van der Waals surface area contributed by atoms with Crippen LogP contribution in [0.3, 0.4) is 0 Å². The molecule has 2 heterocycles. The topological polar surface area (TPSA) is 87.0 Å². The summed E-state index contributed by atoms with van der Waals surface area (Å²) in [6, 6.07) is 9.37. The highest BCUT2D eigenvalue weighted by atomic mass is 32.1. The largest absolute Gasteiger partial charge is 0.493 e. The van der Waals surface area contributed by atoms with E-state index >= 15 is 0 Å². The molecule has 0 aliphatic carbocycles. The van der Waals surface area contributed by atoms with Crippen molar-refractivity contribution in [3.63, 3.8) is 0 Å². The number of benzene rings is 2. The molecule has 4 rings (SSSR count). The quantitative estimate of drug-likeness (QED) is 0.436. The molecule has 0 saturated carbocycles. The van der Waals surface area contributed by atoms with E-state index in [1.54, 1.807) is 28.8 Å². The molecule has 166 valence electrons. The van der Waals surface area contributed by atoms with Gasteiger partial charge in [0.15, 0.2) is 17.3 Å². The number of fused-ring (bicyclic) bond motifs is 1. The second kappa shape index (κ2) is 9.23. The Hall–Kier alpha value is -3.66. The minimum absolute atomic E-state index is 0.269. The van der Waals surface area contributed by atoms with Gasteiger partial charge in [0.05, 0.1) is 27.0 Å². The zero-order valence-electron chi connectivity index (χ0n) is 17.7. The van der Waals surface area contributed by atoms with Crippen LogP contribution in [0.1, 0.15) is 16.1 Å². The number of hydrogen-bond donors (Lipinski definition) is 1. The normalized spacial score (nSPS) is 10.9. The summed E-state index contributed by atoms with van der Waals surface area (Å²) in [5.41, 5.74) is 1.90. The number of carbonyl (C=O) groups is 1. The van der Waals surface area contributed by atoms with Crippen LogP contribution in [0, 0.1) is 5.82 Å². The van der Waals surface area contributed by atoms with Crippen molar-refractivity contribution in [1.29, 1.82) is 0 Å². The average Bonchev–Trinajstić information content (AvgIpc) is 3.39. The number of nitrogens with zero attached hydrogens (tertiary/aromatic N) is 3. The molecule has 0 atom stereocenters. The molecular formula is C22H21FN4O4S. The molecule has 1 amide bonds. The first-order valence-electron chi connectivity index (χ1n) is 9.71. The smallest absolute Gasteiger partial charge is 0.251 e. The lowest BCUT2D eigenvalue weighted by Crippen LogP contribution is -2.26. The molecule has 1 N–H and O–H groups in total. The molecule has 4 aromatic rings. The second-order valence-corrected chi connectivity index (χ2v) is 7.62. The molecule has 0 fully saturated rings. The van der Waals surface area contributed by atoms with Gasteiger partial charge in [0.25, 0.3) is 5.91 Å². The molecule has 0 unspecified atom stereocenters. The molecule has 8 nitrogen and oxygen atoms in total. The Morgan fingerprint density at radius 2 is 1.88 bits per heavy atom. The lowest BCUT2D eigenvalue weighted by atomic mass is 10.1. The Labute approximate surface area is 187 Å². The highest BCUT2D eigenvalue weighted by Gasteiger charge is 2.17. The minimum atomic E-state index is -0.338. The molecule has 32 heavy (non-hydrogen) atoms. The summed E-state index contributed by atoms with van der Waals surface area (Å²) in [6.07, 6.45) is 0.544. The standard InChI is InChI=1S/C22H21FN4O4S/c1-29-17-10-14(11-18(30-2)19(17)31-3)21(28)24-8-7-16-12-32-22-25-20(26-27(16)22)13-5-4-6-15(23)9-13/h4-6,9-12H,7-8H2,1-3H3,(H,24,28). The average molecular weight is 456 g/mol. The number of rotatable bonds is 8. The van der Waals surface area contributed by atoms with E-state index < -0.39 is 0 Å². The Morgan fingerprint density at radius 3 is 2.53 bits per heavy atom. The maximum Gasteiger partial charge on any atom is 0.251 e. The van der Waals surface area contributed by atoms with E-state index in [9.17, 15) is 9.18 Å². The molecule has 2 aromatic heterocycles. The first-order chi connectivity index (χ1) is 15.5. The molecule has 0 spiro atoms. The highest BCUT2D eigenvalue weighted by molar-refractivity contribution is 7.15. The van der Waals surface area contributed by atoms with Gasteiger partial charge in [-0.3, -0.25) is 4.79 Å². The molecule has 0 aliphatic rings. The highest BCUT2D eigenvalue weighted by Crippen LogP contribution is 2.38. The number of ether oxygens (including phenoxy) is 3. The van der Waals surface area contributed by atoms with Crippen LogP contribution < -0.4 is 19.5 Å². The van der Waals surface area contributed by atoms with E-state index in [-0.39, 0.29) is 11.7 Å². The third kappa shape index (κ3) is 4.22. The van der Waals surface area contributed by atoms with E-state index in [1.807, 2.05) is 5.38 Å². The molecule has 0 bridgehead atoms. The fourth-order valence-electron chi connectivity index (χ4n) is 3.26. The van der Waals surface area contributed by atoms with Gasteiger partial charge in [-0.25, -0.2) is 8.91 Å². The monoisotopic (exact) mass is 456 g/mol. The fraction of sp³-hybridized carbons (Fsp3) is 0.227. The number of methoxy groups -OCH3 is 3. The van der Waals surface area contributed by atoms with Crippen molar-refractivity contribution in [1.82, 2.24) is 19.9 Å². The van der Waals surface area contributed by atoms with Gasteiger partial charge in [-0.1, -0.05) is 12.1 Å². The van der Waals surface area contributed by atoms with Crippen LogP contribution in [0.5, 0.6) is 17.2 Å². The summed E-state index contributed by atoms with van der Waals surface area (Å²) in [5, 5.41) is 9.33. The number of amides is 1. The van der Waals surface area contributed by atoms with Gasteiger partial charge in [-0.15, -0.1) is 16.4 Å². The zero-order chi connectivity index (χ0) is 22.7. The van der Waals surface area contributed by atoms with Crippen LogP contribution in [0.25, 0.3) is 16.3 Å². The number of thiazole rings is 1. The van der Waals surface area contributed by atoms with Crippen molar-refractivity contribution in [3.05, 3.63) is 58.9 Å².